The van der Waals surface area contributed by atoms with Crippen LogP contribution in [0.3, 0.4) is 0 Å². The summed E-state index contributed by atoms with van der Waals surface area (Å²) in [6.07, 6.45) is -2.47. The van der Waals surface area contributed by atoms with Crippen molar-refractivity contribution < 1.29 is 27.1 Å². The second-order valence-electron chi connectivity index (χ2n) is 5.47. The highest BCUT2D eigenvalue weighted by atomic mass is 19.4. The van der Waals surface area contributed by atoms with Crippen molar-refractivity contribution in [3.63, 3.8) is 0 Å². The van der Waals surface area contributed by atoms with E-state index < -0.39 is 30.4 Å². The van der Waals surface area contributed by atoms with E-state index in [4.69, 9.17) is 0 Å². The summed E-state index contributed by atoms with van der Waals surface area (Å²) in [5, 5.41) is 0. The number of methoxy groups -OCH3 is 1. The molecule has 1 aliphatic heterocycles. The molecule has 0 radical (unpaired) electrons. The molecule has 1 atom stereocenters. The Morgan fingerprint density at radius 1 is 1.30 bits per heavy atom. The molecule has 7 heteroatoms. The van der Waals surface area contributed by atoms with E-state index in [1.54, 1.807) is 0 Å². The van der Waals surface area contributed by atoms with Gasteiger partial charge in [0.05, 0.1) is 12.7 Å². The zero-order valence-electron chi connectivity index (χ0n) is 12.6. The van der Waals surface area contributed by atoms with Crippen molar-refractivity contribution in [1.82, 2.24) is 0 Å². The molecule has 0 saturated heterocycles. The summed E-state index contributed by atoms with van der Waals surface area (Å²) >= 11 is 0. The molecule has 0 amide bonds. The largest absolute Gasteiger partial charge is 0.467 e. The quantitative estimate of drug-likeness (QED) is 0.620. The van der Waals surface area contributed by atoms with Crippen LogP contribution in [-0.2, 0) is 28.8 Å². The number of alkyl halides is 4. The number of halogens is 4. The number of hydrogen-bond donors (Lipinski definition) is 0. The summed E-state index contributed by atoms with van der Waals surface area (Å²) in [5.74, 6) is -0.448. The first-order chi connectivity index (χ1) is 10.8. The average molecular weight is 331 g/mol. The Labute approximate surface area is 131 Å². The highest BCUT2D eigenvalue weighted by Gasteiger charge is 2.31. The van der Waals surface area contributed by atoms with Gasteiger partial charge in [-0.3, -0.25) is 4.99 Å². The van der Waals surface area contributed by atoms with Crippen LogP contribution in [0, 0.1) is 0 Å². The number of nitrogens with zero attached hydrogens (tertiary/aromatic N) is 1. The molecule has 1 aromatic carbocycles. The lowest BCUT2D eigenvalue weighted by molar-refractivity contribution is -0.142. The van der Waals surface area contributed by atoms with E-state index in [2.05, 4.69) is 9.73 Å². The Bertz CT molecular complexity index is 611. The van der Waals surface area contributed by atoms with Gasteiger partial charge in [-0.1, -0.05) is 6.07 Å². The molecule has 23 heavy (non-hydrogen) atoms. The number of aliphatic imine (C=N–C) groups is 1. The number of ether oxygens (including phenoxy) is 1. The monoisotopic (exact) mass is 331 g/mol. The Kier molecular flexibility index (Phi) is 5.38. The fourth-order valence-electron chi connectivity index (χ4n) is 2.63. The van der Waals surface area contributed by atoms with Gasteiger partial charge in [0.1, 0.15) is 12.7 Å². The van der Waals surface area contributed by atoms with Gasteiger partial charge in [0.25, 0.3) is 0 Å². The van der Waals surface area contributed by atoms with Crippen LogP contribution in [0.25, 0.3) is 0 Å². The first-order valence-electron chi connectivity index (χ1n) is 7.23. The van der Waals surface area contributed by atoms with E-state index in [0.29, 0.717) is 30.5 Å². The second-order valence-corrected chi connectivity index (χ2v) is 5.47. The lowest BCUT2D eigenvalue weighted by atomic mass is 9.96. The third-order valence-corrected chi connectivity index (χ3v) is 3.70. The van der Waals surface area contributed by atoms with Gasteiger partial charge in [0.15, 0.2) is 0 Å². The van der Waals surface area contributed by atoms with E-state index in [0.717, 1.165) is 12.1 Å². The molecule has 2 rings (SSSR count). The molecule has 126 valence electrons. The number of rotatable bonds is 4. The molecule has 3 nitrogen and oxygen atoms in total. The zero-order chi connectivity index (χ0) is 17.0. The van der Waals surface area contributed by atoms with Crippen LogP contribution in [0.4, 0.5) is 17.6 Å². The molecule has 0 aromatic heterocycles. The van der Waals surface area contributed by atoms with Gasteiger partial charge in [-0.05, 0) is 42.5 Å². The predicted octanol–water partition coefficient (Wildman–Crippen LogP) is 3.88. The summed E-state index contributed by atoms with van der Waals surface area (Å²) in [7, 11) is 1.27. The number of benzene rings is 1. The third kappa shape index (κ3) is 4.53. The van der Waals surface area contributed by atoms with Crippen LogP contribution >= 0.6 is 0 Å². The second kappa shape index (κ2) is 7.10. The molecule has 0 saturated carbocycles. The Morgan fingerprint density at radius 2 is 2.00 bits per heavy atom. The van der Waals surface area contributed by atoms with Crippen LogP contribution in [0.1, 0.15) is 36.0 Å². The SMILES string of the molecule is COC(=O)C1CCCC(Cc2cc(CF)cc(C(F)(F)F)c2)=N1. The Morgan fingerprint density at radius 3 is 2.61 bits per heavy atom. The van der Waals surface area contributed by atoms with Crippen molar-refractivity contribution in [3.05, 3.63) is 34.9 Å². The average Bonchev–Trinajstić information content (AvgIpc) is 2.53. The fraction of sp³-hybridized carbons (Fsp3) is 0.500. The maximum absolute atomic E-state index is 12.9. The van der Waals surface area contributed by atoms with Crippen LogP contribution in [0.15, 0.2) is 23.2 Å². The number of hydrogen-bond acceptors (Lipinski definition) is 3. The van der Waals surface area contributed by atoms with Crippen molar-refractivity contribution in [1.29, 1.82) is 0 Å². The van der Waals surface area contributed by atoms with Gasteiger partial charge in [0.2, 0.25) is 0 Å². The van der Waals surface area contributed by atoms with Crippen molar-refractivity contribution >= 4 is 11.7 Å². The number of carbonyl (C=O) groups is 1. The topological polar surface area (TPSA) is 38.7 Å². The lowest BCUT2D eigenvalue weighted by Crippen LogP contribution is -2.26. The van der Waals surface area contributed by atoms with Gasteiger partial charge in [0, 0.05) is 12.1 Å². The van der Waals surface area contributed by atoms with Gasteiger partial charge in [-0.2, -0.15) is 13.2 Å². The van der Waals surface area contributed by atoms with Gasteiger partial charge < -0.3 is 4.74 Å². The minimum atomic E-state index is -4.52. The van der Waals surface area contributed by atoms with Crippen LogP contribution in [0.5, 0.6) is 0 Å². The van der Waals surface area contributed by atoms with Crippen LogP contribution in [-0.4, -0.2) is 24.8 Å². The van der Waals surface area contributed by atoms with E-state index in [1.165, 1.54) is 13.2 Å². The molecule has 1 heterocycles. The first kappa shape index (κ1) is 17.4. The smallest absolute Gasteiger partial charge is 0.416 e. The Hall–Kier alpha value is -1.92. The lowest BCUT2D eigenvalue weighted by Gasteiger charge is -2.19. The normalized spacial score (nSPS) is 18.5. The highest BCUT2D eigenvalue weighted by molar-refractivity contribution is 5.90. The number of esters is 1. The van der Waals surface area contributed by atoms with Gasteiger partial charge >= 0.3 is 12.1 Å². The summed E-state index contributed by atoms with van der Waals surface area (Å²) in [6.45, 7) is -0.964. The van der Waals surface area contributed by atoms with E-state index in [1.807, 2.05) is 0 Å². The predicted molar refractivity (Wildman–Crippen MR) is 77.1 cm³/mol. The maximum Gasteiger partial charge on any atom is 0.416 e. The molecule has 0 N–H and O–H groups in total. The molecule has 0 spiro atoms. The number of carbonyl (C=O) groups excluding carboxylic acids is 1. The summed E-state index contributed by atoms with van der Waals surface area (Å²) in [5.41, 5.74) is 0.0897. The molecule has 0 aliphatic carbocycles. The standard InChI is InChI=1S/C16H17F4NO2/c1-23-15(22)14-4-2-3-13(21-14)8-10-5-11(9-17)7-12(6-10)16(18,19)20/h5-7,14H,2-4,8-9H2,1H3. The van der Waals surface area contributed by atoms with E-state index >= 15 is 0 Å². The molecule has 1 unspecified atom stereocenters. The van der Waals surface area contributed by atoms with Crippen LogP contribution < -0.4 is 0 Å². The summed E-state index contributed by atoms with van der Waals surface area (Å²) in [6, 6.07) is 2.61. The van der Waals surface area contributed by atoms with Gasteiger partial charge in [-0.25, -0.2) is 9.18 Å². The molecule has 1 aliphatic rings. The summed E-state index contributed by atoms with van der Waals surface area (Å²) in [4.78, 5) is 15.8. The molecule has 0 fully saturated rings. The molecule has 1 aromatic rings. The Balaban J connectivity index is 2.25. The van der Waals surface area contributed by atoms with E-state index in [9.17, 15) is 22.4 Å². The van der Waals surface area contributed by atoms with Crippen molar-refractivity contribution in [3.8, 4) is 0 Å². The van der Waals surface area contributed by atoms with Gasteiger partial charge in [-0.15, -0.1) is 0 Å². The molecular weight excluding hydrogens is 314 g/mol. The molecular formula is C16H17F4NO2. The van der Waals surface area contributed by atoms with Crippen LogP contribution in [0.2, 0.25) is 0 Å². The summed E-state index contributed by atoms with van der Waals surface area (Å²) < 4.78 is 56.0. The van der Waals surface area contributed by atoms with Crippen molar-refractivity contribution in [2.45, 2.75) is 44.6 Å². The highest BCUT2D eigenvalue weighted by Crippen LogP contribution is 2.31. The zero-order valence-corrected chi connectivity index (χ0v) is 12.6. The van der Waals surface area contributed by atoms with Crippen molar-refractivity contribution in [2.24, 2.45) is 4.99 Å². The van der Waals surface area contributed by atoms with Crippen molar-refractivity contribution in [2.75, 3.05) is 7.11 Å². The third-order valence-electron chi connectivity index (χ3n) is 3.70. The minimum absolute atomic E-state index is 0.0178. The first-order valence-corrected chi connectivity index (χ1v) is 7.23. The fourth-order valence-corrected chi connectivity index (χ4v) is 2.63. The minimum Gasteiger partial charge on any atom is -0.467 e. The maximum atomic E-state index is 12.9. The molecule has 0 bridgehead atoms. The van der Waals surface area contributed by atoms with E-state index in [-0.39, 0.29) is 12.0 Å².